The molecule has 15 aromatic carbocycles. The lowest BCUT2D eigenvalue weighted by molar-refractivity contribution is 1.07. The van der Waals surface area contributed by atoms with Crippen LogP contribution in [0.15, 0.2) is 413 Å². The summed E-state index contributed by atoms with van der Waals surface area (Å²) in [5, 5.41) is 3.59. The van der Waals surface area contributed by atoms with E-state index in [2.05, 4.69) is 106 Å². The predicted molar refractivity (Wildman–Crippen MR) is 507 cm³/mol. The van der Waals surface area contributed by atoms with Crippen molar-refractivity contribution in [3.05, 3.63) is 413 Å². The smallest absolute Gasteiger partial charge is 0.164 e. The van der Waals surface area contributed by atoms with E-state index in [0.29, 0.717) is 87.4 Å². The van der Waals surface area contributed by atoms with Crippen LogP contribution >= 0.6 is 0 Å². The third-order valence-corrected chi connectivity index (χ3v) is 22.9. The van der Waals surface area contributed by atoms with E-state index in [1.54, 1.807) is 0 Å². The van der Waals surface area contributed by atoms with E-state index in [9.17, 15) is 0 Å². The van der Waals surface area contributed by atoms with Crippen molar-refractivity contribution in [3.63, 3.8) is 0 Å². The van der Waals surface area contributed by atoms with Gasteiger partial charge in [-0.2, -0.15) is 0 Å². The van der Waals surface area contributed by atoms with Crippen molar-refractivity contribution in [3.8, 4) is 193 Å². The molecule has 128 heavy (non-hydrogen) atoms. The highest BCUT2D eigenvalue weighted by molar-refractivity contribution is 6.14. The standard InChI is InChI=1S/C110H68N18/c1-11-31-69(32-12-1)96-112-97(70-33-13-2-14-34-70)118-106(117-96)79-51-56-90-84(63-79)85-64-80(107-119-98(71-35-15-3-16-36-71)113-99(120-107)72-37-17-4-18-38-72)52-57-91(85)127(90)94-60-55-83(110-125-104(77-47-27-9-28-48-77)116-105(126-110)78-49-29-10-30-50-78)67-88(94)89-68-111-62-61-95(89)128-92-58-53-81(108-121-100(73-39-19-5-20-40-73)114-101(122-108)74-41-21-6-22-42-74)65-86(92)87-66-82(54-59-93(87)128)109-123-102(75-43-23-7-24-44-75)115-103(124-109)76-45-25-8-26-46-76/h1-68H. The van der Waals surface area contributed by atoms with Gasteiger partial charge in [-0.05, 0) is 97.1 Å². The molecule has 0 unspecified atom stereocenters. The van der Waals surface area contributed by atoms with Gasteiger partial charge in [0, 0.05) is 129 Å². The van der Waals surface area contributed by atoms with E-state index in [1.165, 1.54) is 0 Å². The highest BCUT2D eigenvalue weighted by atomic mass is 15.1. The van der Waals surface area contributed by atoms with Gasteiger partial charge < -0.3 is 9.13 Å². The fourth-order valence-corrected chi connectivity index (χ4v) is 16.7. The number of nitrogens with zero attached hydrogens (tertiary/aromatic N) is 18. The molecule has 0 saturated heterocycles. The Bertz CT molecular complexity index is 7490. The van der Waals surface area contributed by atoms with E-state index in [-0.39, 0.29) is 0 Å². The molecule has 23 aromatic rings. The zero-order valence-corrected chi connectivity index (χ0v) is 68.3. The molecule has 0 aliphatic heterocycles. The van der Waals surface area contributed by atoms with Gasteiger partial charge >= 0.3 is 0 Å². The molecule has 18 nitrogen and oxygen atoms in total. The minimum Gasteiger partial charge on any atom is -0.309 e. The van der Waals surface area contributed by atoms with Gasteiger partial charge in [0.15, 0.2) is 87.4 Å². The van der Waals surface area contributed by atoms with Crippen LogP contribution in [0.1, 0.15) is 0 Å². The van der Waals surface area contributed by atoms with Crippen LogP contribution in [0.3, 0.4) is 0 Å². The van der Waals surface area contributed by atoms with Crippen molar-refractivity contribution in [2.45, 2.75) is 0 Å². The van der Waals surface area contributed by atoms with Crippen molar-refractivity contribution in [2.24, 2.45) is 0 Å². The first-order chi connectivity index (χ1) is 63.4. The molecule has 8 heterocycles. The second-order valence-electron chi connectivity index (χ2n) is 30.9. The van der Waals surface area contributed by atoms with Gasteiger partial charge in [-0.15, -0.1) is 0 Å². The molecule has 0 bridgehead atoms. The van der Waals surface area contributed by atoms with Crippen LogP contribution in [0.25, 0.3) is 237 Å². The Balaban J connectivity index is 0.789. The van der Waals surface area contributed by atoms with Crippen LogP contribution in [0.5, 0.6) is 0 Å². The van der Waals surface area contributed by atoms with Gasteiger partial charge in [0.2, 0.25) is 0 Å². The molecule has 0 aliphatic rings. The molecule has 0 N–H and O–H groups in total. The molecule has 598 valence electrons. The maximum atomic E-state index is 5.41. The Morgan fingerprint density at radius 1 is 0.141 bits per heavy atom. The zero-order chi connectivity index (χ0) is 84.8. The van der Waals surface area contributed by atoms with Gasteiger partial charge in [-0.25, -0.2) is 74.8 Å². The lowest BCUT2D eigenvalue weighted by atomic mass is 9.99. The Morgan fingerprint density at radius 3 is 0.516 bits per heavy atom. The highest BCUT2D eigenvalue weighted by Gasteiger charge is 2.28. The Morgan fingerprint density at radius 2 is 0.312 bits per heavy atom. The summed E-state index contributed by atoms with van der Waals surface area (Å²) in [6.45, 7) is 0. The summed E-state index contributed by atoms with van der Waals surface area (Å²) in [7, 11) is 0. The van der Waals surface area contributed by atoms with E-state index < -0.39 is 0 Å². The fourth-order valence-electron chi connectivity index (χ4n) is 16.7. The number of rotatable bonds is 18. The summed E-state index contributed by atoms with van der Waals surface area (Å²) in [5.41, 5.74) is 19.0. The van der Waals surface area contributed by atoms with Gasteiger partial charge in [0.1, 0.15) is 0 Å². The minimum atomic E-state index is 0.460. The van der Waals surface area contributed by atoms with E-state index in [4.69, 9.17) is 79.7 Å². The molecular weight excluding hydrogens is 1570 g/mol. The molecule has 0 amide bonds. The molecule has 18 heteroatoms. The first-order valence-electron chi connectivity index (χ1n) is 42.0. The van der Waals surface area contributed by atoms with Crippen LogP contribution < -0.4 is 0 Å². The molecule has 0 atom stereocenters. The van der Waals surface area contributed by atoms with Crippen molar-refractivity contribution in [1.82, 2.24) is 88.9 Å². The van der Waals surface area contributed by atoms with Gasteiger partial charge in [-0.3, -0.25) is 4.98 Å². The fraction of sp³-hybridized carbons (Fsp3) is 0. The van der Waals surface area contributed by atoms with Crippen LogP contribution in [-0.2, 0) is 0 Å². The van der Waals surface area contributed by atoms with Gasteiger partial charge in [0.05, 0.1) is 33.4 Å². The molecule has 8 aromatic heterocycles. The van der Waals surface area contributed by atoms with E-state index in [0.717, 1.165) is 150 Å². The monoisotopic (exact) mass is 1640 g/mol. The zero-order valence-electron chi connectivity index (χ0n) is 68.3. The number of pyridine rings is 1. The average Bonchev–Trinajstić information content (AvgIpc) is 1.56. The number of hydrogen-bond acceptors (Lipinski definition) is 16. The Labute approximate surface area is 734 Å². The summed E-state index contributed by atoms with van der Waals surface area (Å²) >= 11 is 0. The quantitative estimate of drug-likeness (QED) is 0.0780. The molecule has 0 spiro atoms. The minimum absolute atomic E-state index is 0.460. The molecule has 0 radical (unpaired) electrons. The Hall–Kier alpha value is -17.9. The van der Waals surface area contributed by atoms with Crippen LogP contribution in [0.4, 0.5) is 0 Å². The molecule has 23 rings (SSSR count). The molecule has 0 fully saturated rings. The Kier molecular flexibility index (Phi) is 19.1. The SMILES string of the molecule is c1ccc(-c2nc(-c3ccccc3)nc(-c3ccc(-n4c5ccc(-c6nc(-c7ccccc7)nc(-c7ccccc7)n6)cc5c5cc(-c6nc(-c7ccccc7)nc(-c7ccccc7)n6)ccc54)c(-c4cnccc4-n4c5ccc(-c6nc(-c7ccccc7)nc(-c7ccccc7)n6)cc5c5cc(-c6nc(-c7ccccc7)nc(-c7ccccc7)n6)ccc54)c3)n2)cc1. The highest BCUT2D eigenvalue weighted by Crippen LogP contribution is 2.46. The average molecular weight is 1640 g/mol. The third kappa shape index (κ3) is 14.3. The van der Waals surface area contributed by atoms with Crippen LogP contribution in [-0.4, -0.2) is 88.9 Å². The first-order valence-corrected chi connectivity index (χ1v) is 42.0. The summed E-state index contributed by atoms with van der Waals surface area (Å²) < 4.78 is 4.68. The van der Waals surface area contributed by atoms with E-state index >= 15 is 0 Å². The summed E-state index contributed by atoms with van der Waals surface area (Å²) in [6.07, 6.45) is 3.83. The maximum Gasteiger partial charge on any atom is 0.164 e. The maximum absolute atomic E-state index is 5.41. The van der Waals surface area contributed by atoms with Crippen molar-refractivity contribution in [1.29, 1.82) is 0 Å². The molecular formula is C110H68N18. The van der Waals surface area contributed by atoms with Gasteiger partial charge in [0.25, 0.3) is 0 Å². The third-order valence-electron chi connectivity index (χ3n) is 22.9. The number of fused-ring (bicyclic) bond motifs is 6. The second kappa shape index (κ2) is 32.5. The van der Waals surface area contributed by atoms with Crippen LogP contribution in [0.2, 0.25) is 0 Å². The lowest BCUT2D eigenvalue weighted by Gasteiger charge is -2.19. The number of hydrogen-bond donors (Lipinski definition) is 0. The van der Waals surface area contributed by atoms with E-state index in [1.807, 2.05) is 316 Å². The number of benzene rings is 15. The number of aromatic nitrogens is 18. The lowest BCUT2D eigenvalue weighted by Crippen LogP contribution is -2.04. The van der Waals surface area contributed by atoms with Crippen LogP contribution in [0, 0.1) is 0 Å². The van der Waals surface area contributed by atoms with Crippen molar-refractivity contribution < 1.29 is 0 Å². The first kappa shape index (κ1) is 75.1. The second-order valence-corrected chi connectivity index (χ2v) is 30.9. The summed E-state index contributed by atoms with van der Waals surface area (Å²) in [5.74, 6) is 7.82. The largest absolute Gasteiger partial charge is 0.309 e. The van der Waals surface area contributed by atoms with Crippen molar-refractivity contribution in [2.75, 3.05) is 0 Å². The summed E-state index contributed by atoms with van der Waals surface area (Å²) in [4.78, 5) is 84.1. The van der Waals surface area contributed by atoms with Crippen molar-refractivity contribution >= 4 is 43.6 Å². The normalized spacial score (nSPS) is 11.4. The van der Waals surface area contributed by atoms with Gasteiger partial charge in [-0.1, -0.05) is 303 Å². The summed E-state index contributed by atoms with van der Waals surface area (Å²) in [6, 6.07) is 135. The predicted octanol–water partition coefficient (Wildman–Crippen LogP) is 24.9. The molecule has 0 aliphatic carbocycles. The molecule has 0 saturated carbocycles. The topological polar surface area (TPSA) is 216 Å².